The molecule has 1 aliphatic heterocycles. The van der Waals surface area contributed by atoms with Crippen LogP contribution < -0.4 is 5.32 Å². The molecule has 90 valence electrons. The van der Waals surface area contributed by atoms with E-state index in [4.69, 9.17) is 0 Å². The van der Waals surface area contributed by atoms with Crippen LogP contribution in [0, 0.1) is 11.8 Å². The Morgan fingerprint density at radius 2 is 2.18 bits per heavy atom. The summed E-state index contributed by atoms with van der Waals surface area (Å²) >= 11 is 0. The molecule has 1 aromatic rings. The van der Waals surface area contributed by atoms with Gasteiger partial charge in [0.1, 0.15) is 6.10 Å². The summed E-state index contributed by atoms with van der Waals surface area (Å²) in [6, 6.07) is 10.4. The van der Waals surface area contributed by atoms with Gasteiger partial charge in [0.15, 0.2) is 0 Å². The highest BCUT2D eigenvalue weighted by molar-refractivity contribution is 5.34. The van der Waals surface area contributed by atoms with E-state index in [0.717, 1.165) is 24.9 Å². The van der Waals surface area contributed by atoms with Gasteiger partial charge in [-0.25, -0.2) is 0 Å². The topological polar surface area (TPSA) is 32.3 Å². The second-order valence-electron chi connectivity index (χ2n) is 4.52. The van der Waals surface area contributed by atoms with Crippen LogP contribution in [0.2, 0.25) is 0 Å². The fourth-order valence-corrected chi connectivity index (χ4v) is 2.12. The quantitative estimate of drug-likeness (QED) is 0.776. The summed E-state index contributed by atoms with van der Waals surface area (Å²) in [5.41, 5.74) is 0.963. The highest BCUT2D eigenvalue weighted by atomic mass is 16.3. The summed E-state index contributed by atoms with van der Waals surface area (Å²) < 4.78 is 0. The molecule has 0 aromatic heterocycles. The van der Waals surface area contributed by atoms with Crippen molar-refractivity contribution in [2.75, 3.05) is 6.54 Å². The lowest BCUT2D eigenvalue weighted by molar-refractivity contribution is 0.213. The average Bonchev–Trinajstić information content (AvgIpc) is 2.88. The molecular formula is C15H19NO. The predicted molar refractivity (Wildman–Crippen MR) is 69.6 cm³/mol. The fraction of sp³-hybridized carbons (Fsp3) is 0.467. The molecule has 2 rings (SSSR count). The summed E-state index contributed by atoms with van der Waals surface area (Å²) in [5, 5.41) is 13.2. The molecule has 1 aliphatic rings. The molecule has 2 atom stereocenters. The predicted octanol–water partition coefficient (Wildman–Crippen LogP) is 1.93. The second kappa shape index (κ2) is 6.44. The maximum atomic E-state index is 9.77. The number of nitrogens with one attached hydrogen (secondary N) is 1. The molecule has 17 heavy (non-hydrogen) atoms. The van der Waals surface area contributed by atoms with Gasteiger partial charge in [-0.1, -0.05) is 30.0 Å². The van der Waals surface area contributed by atoms with Gasteiger partial charge in [-0.2, -0.15) is 0 Å². The molecule has 1 saturated heterocycles. The van der Waals surface area contributed by atoms with E-state index in [0.29, 0.717) is 6.04 Å². The Labute approximate surface area is 103 Å². The third kappa shape index (κ3) is 4.22. The van der Waals surface area contributed by atoms with Crippen molar-refractivity contribution in [2.45, 2.75) is 37.8 Å². The second-order valence-corrected chi connectivity index (χ2v) is 4.52. The molecule has 0 bridgehead atoms. The van der Waals surface area contributed by atoms with Crippen LogP contribution in [0.4, 0.5) is 0 Å². The van der Waals surface area contributed by atoms with Crippen LogP contribution in [-0.4, -0.2) is 23.8 Å². The van der Waals surface area contributed by atoms with Gasteiger partial charge < -0.3 is 10.4 Å². The van der Waals surface area contributed by atoms with Gasteiger partial charge in [0, 0.05) is 11.6 Å². The standard InChI is InChI=1S/C15H19NO/c17-15(11-9-14-7-4-12-16-14)10-8-13-5-2-1-3-6-13/h1-3,5-6,14-17H,4,7,9,11-12H2. The van der Waals surface area contributed by atoms with E-state index in [-0.39, 0.29) is 0 Å². The minimum Gasteiger partial charge on any atom is -0.380 e. The summed E-state index contributed by atoms with van der Waals surface area (Å²) in [6.45, 7) is 1.12. The van der Waals surface area contributed by atoms with Gasteiger partial charge >= 0.3 is 0 Å². The lowest BCUT2D eigenvalue weighted by atomic mass is 10.1. The third-order valence-corrected chi connectivity index (χ3v) is 3.11. The Morgan fingerprint density at radius 3 is 2.88 bits per heavy atom. The molecule has 0 saturated carbocycles. The minimum atomic E-state index is -0.502. The van der Waals surface area contributed by atoms with Crippen molar-refractivity contribution in [2.24, 2.45) is 0 Å². The van der Waals surface area contributed by atoms with Crippen molar-refractivity contribution in [1.29, 1.82) is 0 Å². The third-order valence-electron chi connectivity index (χ3n) is 3.11. The van der Waals surface area contributed by atoms with Crippen molar-refractivity contribution in [3.8, 4) is 11.8 Å². The van der Waals surface area contributed by atoms with Gasteiger partial charge in [0.05, 0.1) is 0 Å². The van der Waals surface area contributed by atoms with Crippen LogP contribution in [0.3, 0.4) is 0 Å². The molecule has 1 heterocycles. The van der Waals surface area contributed by atoms with Gasteiger partial charge in [-0.3, -0.25) is 0 Å². The molecule has 1 aromatic carbocycles. The molecule has 0 aliphatic carbocycles. The molecule has 2 N–H and O–H groups in total. The first-order chi connectivity index (χ1) is 8.34. The Hall–Kier alpha value is -1.30. The summed E-state index contributed by atoms with van der Waals surface area (Å²) in [4.78, 5) is 0. The molecule has 0 amide bonds. The van der Waals surface area contributed by atoms with Crippen molar-refractivity contribution < 1.29 is 5.11 Å². The van der Waals surface area contributed by atoms with Crippen molar-refractivity contribution in [1.82, 2.24) is 5.32 Å². The van der Waals surface area contributed by atoms with Crippen molar-refractivity contribution in [3.05, 3.63) is 35.9 Å². The zero-order valence-electron chi connectivity index (χ0n) is 10.0. The Kier molecular flexibility index (Phi) is 4.61. The van der Waals surface area contributed by atoms with E-state index in [2.05, 4.69) is 17.2 Å². The van der Waals surface area contributed by atoms with Crippen LogP contribution in [0.1, 0.15) is 31.2 Å². The van der Waals surface area contributed by atoms with Gasteiger partial charge in [0.2, 0.25) is 0 Å². The van der Waals surface area contributed by atoms with Crippen molar-refractivity contribution >= 4 is 0 Å². The van der Waals surface area contributed by atoms with E-state index in [1.165, 1.54) is 12.8 Å². The zero-order valence-corrected chi connectivity index (χ0v) is 10.0. The first-order valence-corrected chi connectivity index (χ1v) is 6.32. The molecule has 1 fully saturated rings. The number of hydrogen-bond donors (Lipinski definition) is 2. The van der Waals surface area contributed by atoms with Crippen LogP contribution in [0.15, 0.2) is 30.3 Å². The highest BCUT2D eigenvalue weighted by Crippen LogP contribution is 2.11. The Bertz CT molecular complexity index is 384. The van der Waals surface area contributed by atoms with E-state index < -0.39 is 6.10 Å². The highest BCUT2D eigenvalue weighted by Gasteiger charge is 2.14. The first-order valence-electron chi connectivity index (χ1n) is 6.32. The van der Waals surface area contributed by atoms with Crippen LogP contribution in [0.5, 0.6) is 0 Å². The SMILES string of the molecule is OC(C#Cc1ccccc1)CCC1CCCN1. The number of aliphatic hydroxyl groups is 1. The molecule has 0 radical (unpaired) electrons. The molecule has 0 spiro atoms. The molecule has 2 heteroatoms. The summed E-state index contributed by atoms with van der Waals surface area (Å²) in [7, 11) is 0. The first kappa shape index (κ1) is 12.2. The maximum absolute atomic E-state index is 9.77. The number of hydrogen-bond acceptors (Lipinski definition) is 2. The maximum Gasteiger partial charge on any atom is 0.115 e. The molecular weight excluding hydrogens is 210 g/mol. The largest absolute Gasteiger partial charge is 0.380 e. The Morgan fingerprint density at radius 1 is 1.35 bits per heavy atom. The normalized spacial score (nSPS) is 20.6. The van der Waals surface area contributed by atoms with E-state index >= 15 is 0 Å². The smallest absolute Gasteiger partial charge is 0.115 e. The summed E-state index contributed by atoms with van der Waals surface area (Å²) in [6.07, 6.45) is 3.77. The number of aliphatic hydroxyl groups excluding tert-OH is 1. The number of rotatable bonds is 3. The lowest BCUT2D eigenvalue weighted by Gasteiger charge is -2.10. The minimum absolute atomic E-state index is 0.502. The van der Waals surface area contributed by atoms with E-state index in [9.17, 15) is 5.11 Å². The van der Waals surface area contributed by atoms with Gasteiger partial charge in [-0.05, 0) is 44.4 Å². The van der Waals surface area contributed by atoms with Gasteiger partial charge in [-0.15, -0.1) is 0 Å². The van der Waals surface area contributed by atoms with Gasteiger partial charge in [0.25, 0.3) is 0 Å². The monoisotopic (exact) mass is 229 g/mol. The molecule has 2 nitrogen and oxygen atoms in total. The summed E-state index contributed by atoms with van der Waals surface area (Å²) in [5.74, 6) is 5.90. The van der Waals surface area contributed by atoms with Crippen molar-refractivity contribution in [3.63, 3.8) is 0 Å². The zero-order chi connectivity index (χ0) is 11.9. The molecule has 2 unspecified atom stereocenters. The van der Waals surface area contributed by atoms with Crippen LogP contribution in [-0.2, 0) is 0 Å². The Balaban J connectivity index is 1.77. The van der Waals surface area contributed by atoms with Crippen LogP contribution in [0.25, 0.3) is 0 Å². The fourth-order valence-electron chi connectivity index (χ4n) is 2.12. The van der Waals surface area contributed by atoms with Crippen LogP contribution >= 0.6 is 0 Å². The van der Waals surface area contributed by atoms with E-state index in [1.807, 2.05) is 30.3 Å². The van der Waals surface area contributed by atoms with E-state index in [1.54, 1.807) is 0 Å². The lowest BCUT2D eigenvalue weighted by Crippen LogP contribution is -2.22. The average molecular weight is 229 g/mol. The number of benzene rings is 1.